The number of halogens is 3. The van der Waals surface area contributed by atoms with Crippen molar-refractivity contribution in [3.05, 3.63) is 40.5 Å². The molecular weight excluding hydrogens is 331 g/mol. The number of hydrogen-bond donors (Lipinski definition) is 1. The van der Waals surface area contributed by atoms with Gasteiger partial charge in [0.25, 0.3) is 6.43 Å². The average Bonchev–Trinajstić information content (AvgIpc) is 2.93. The first-order valence-corrected chi connectivity index (χ1v) is 7.40. The van der Waals surface area contributed by atoms with Gasteiger partial charge in [0.15, 0.2) is 0 Å². The molecule has 0 bridgehead atoms. The molecule has 5 nitrogen and oxygen atoms in total. The van der Waals surface area contributed by atoms with E-state index in [0.29, 0.717) is 16.6 Å². The van der Waals surface area contributed by atoms with E-state index in [1.807, 2.05) is 6.07 Å². The molecule has 0 saturated heterocycles. The Morgan fingerprint density at radius 3 is 2.56 bits per heavy atom. The number of allylic oxidation sites excluding steroid dienone is 2. The van der Waals surface area contributed by atoms with Crippen LogP contribution in [0.2, 0.25) is 0 Å². The molecule has 8 heteroatoms. The van der Waals surface area contributed by atoms with Crippen molar-refractivity contribution in [2.45, 2.75) is 26.2 Å². The van der Waals surface area contributed by atoms with Gasteiger partial charge in [-0.3, -0.25) is 10.1 Å². The lowest BCUT2D eigenvalue weighted by Crippen LogP contribution is -2.27. The zero-order valence-electron chi connectivity index (χ0n) is 13.3. The zero-order valence-corrected chi connectivity index (χ0v) is 13.3. The Morgan fingerprint density at radius 2 is 1.96 bits per heavy atom. The van der Waals surface area contributed by atoms with Crippen molar-refractivity contribution in [3.63, 3.8) is 0 Å². The van der Waals surface area contributed by atoms with Crippen LogP contribution in [-0.2, 0) is 0 Å². The van der Waals surface area contributed by atoms with Crippen LogP contribution in [-0.4, -0.2) is 22.3 Å². The van der Waals surface area contributed by atoms with E-state index in [2.05, 4.69) is 15.2 Å². The highest BCUT2D eigenvalue weighted by molar-refractivity contribution is 5.91. The Balaban J connectivity index is 2.31. The first-order chi connectivity index (χ1) is 11.9. The second-order valence-electron chi connectivity index (χ2n) is 5.79. The Labute approximate surface area is 141 Å². The fourth-order valence-corrected chi connectivity index (χ4v) is 3.10. The van der Waals surface area contributed by atoms with Gasteiger partial charge < -0.3 is 0 Å². The first-order valence-electron chi connectivity index (χ1n) is 7.40. The Hall–Kier alpha value is -3.13. The molecule has 1 aromatic carbocycles. The number of aliphatic imine (C=N–C) groups is 1. The second-order valence-corrected chi connectivity index (χ2v) is 5.79. The smallest absolute Gasteiger partial charge is 0.281 e. The van der Waals surface area contributed by atoms with Gasteiger partial charge >= 0.3 is 0 Å². The molecule has 0 radical (unpaired) electrons. The minimum Gasteiger partial charge on any atom is -0.282 e. The fourth-order valence-electron chi connectivity index (χ4n) is 3.10. The highest BCUT2D eigenvalue weighted by atomic mass is 19.3. The maximum absolute atomic E-state index is 14.7. The van der Waals surface area contributed by atoms with Crippen molar-refractivity contribution in [3.8, 4) is 12.1 Å². The number of nitriles is 2. The number of nitrogens with zero attached hydrogens (tertiary/aromatic N) is 4. The zero-order chi connectivity index (χ0) is 18.3. The largest absolute Gasteiger partial charge is 0.282 e. The lowest BCUT2D eigenvalue weighted by atomic mass is 9.76. The lowest BCUT2D eigenvalue weighted by molar-refractivity contribution is 0.185. The minimum atomic E-state index is -2.99. The topological polar surface area (TPSA) is 88.6 Å². The molecule has 126 valence electrons. The van der Waals surface area contributed by atoms with Crippen molar-refractivity contribution in [1.82, 2.24) is 10.2 Å². The lowest BCUT2D eigenvalue weighted by Gasteiger charge is -2.27. The fraction of sp³-hybridized carbons (Fsp3) is 0.294. The van der Waals surface area contributed by atoms with Gasteiger partial charge in [0.05, 0.1) is 29.1 Å². The van der Waals surface area contributed by atoms with Crippen molar-refractivity contribution in [2.75, 3.05) is 0 Å². The standard InChI is InChI=1S/C17H12F3N5/c1-7-11(5-21)15(12(6-22)16(23-7)17(19)20)10-3-9-8(2)24-25-14(9)4-13(10)18/h3-4,11,15,17H,1-2H3,(H,24,25)/t11?,15-/m1/s1. The number of H-pyrrole nitrogens is 1. The summed E-state index contributed by atoms with van der Waals surface area (Å²) in [5.74, 6) is -2.85. The number of nitrogens with one attached hydrogen (secondary N) is 1. The number of fused-ring (bicyclic) bond motifs is 1. The van der Waals surface area contributed by atoms with Gasteiger partial charge in [0.1, 0.15) is 11.5 Å². The third kappa shape index (κ3) is 2.56. The number of aryl methyl sites for hydroxylation is 1. The van der Waals surface area contributed by atoms with E-state index >= 15 is 0 Å². The Bertz CT molecular complexity index is 1000. The first kappa shape index (κ1) is 16.7. The summed E-state index contributed by atoms with van der Waals surface area (Å²) in [6.45, 7) is 3.16. The van der Waals surface area contributed by atoms with Gasteiger partial charge in [-0.2, -0.15) is 15.6 Å². The van der Waals surface area contributed by atoms with Gasteiger partial charge in [-0.25, -0.2) is 13.2 Å². The van der Waals surface area contributed by atoms with Gasteiger partial charge in [-0.15, -0.1) is 0 Å². The van der Waals surface area contributed by atoms with E-state index in [1.54, 1.807) is 13.0 Å². The van der Waals surface area contributed by atoms with E-state index in [0.717, 1.165) is 0 Å². The maximum atomic E-state index is 14.7. The van der Waals surface area contributed by atoms with Crippen LogP contribution >= 0.6 is 0 Å². The van der Waals surface area contributed by atoms with Crippen LogP contribution in [0.4, 0.5) is 13.2 Å². The third-order valence-electron chi connectivity index (χ3n) is 4.33. The summed E-state index contributed by atoms with van der Waals surface area (Å²) in [5, 5.41) is 26.1. The van der Waals surface area contributed by atoms with Crippen LogP contribution in [0.1, 0.15) is 24.1 Å². The van der Waals surface area contributed by atoms with Crippen LogP contribution in [0.3, 0.4) is 0 Å². The quantitative estimate of drug-likeness (QED) is 0.900. The molecule has 25 heavy (non-hydrogen) atoms. The average molecular weight is 343 g/mol. The highest BCUT2D eigenvalue weighted by Gasteiger charge is 2.38. The SMILES string of the molecule is CC1=NC(C(F)F)=C(C#N)[C@H](c2cc3c(C)[nH]nc3cc2F)C1C#N. The Kier molecular flexibility index (Phi) is 4.05. The molecule has 2 atom stereocenters. The second kappa shape index (κ2) is 6.06. The van der Waals surface area contributed by atoms with Gasteiger partial charge in [-0.1, -0.05) is 0 Å². The summed E-state index contributed by atoms with van der Waals surface area (Å²) in [6, 6.07) is 6.29. The van der Waals surface area contributed by atoms with Crippen molar-refractivity contribution in [2.24, 2.45) is 10.9 Å². The number of aromatic nitrogens is 2. The molecule has 1 aliphatic rings. The molecule has 3 rings (SSSR count). The summed E-state index contributed by atoms with van der Waals surface area (Å²) >= 11 is 0. The Morgan fingerprint density at radius 1 is 1.24 bits per heavy atom. The predicted octanol–water partition coefficient (Wildman–Crippen LogP) is 3.75. The monoisotopic (exact) mass is 343 g/mol. The van der Waals surface area contributed by atoms with Gasteiger partial charge in [-0.05, 0) is 25.5 Å². The van der Waals surface area contributed by atoms with Crippen molar-refractivity contribution < 1.29 is 13.2 Å². The summed E-state index contributed by atoms with van der Waals surface area (Å²) in [4.78, 5) is 3.72. The molecule has 0 aliphatic carbocycles. The maximum Gasteiger partial charge on any atom is 0.281 e. The summed E-state index contributed by atoms with van der Waals surface area (Å²) in [7, 11) is 0. The molecule has 1 aromatic heterocycles. The minimum absolute atomic E-state index is 0.00694. The van der Waals surface area contributed by atoms with Crippen LogP contribution in [0.25, 0.3) is 10.9 Å². The molecule has 0 amide bonds. The normalized spacial score (nSPS) is 20.6. The molecular formula is C17H12F3N5. The van der Waals surface area contributed by atoms with Crippen LogP contribution in [0, 0.1) is 41.3 Å². The number of rotatable bonds is 2. The number of benzene rings is 1. The number of hydrogen-bond acceptors (Lipinski definition) is 4. The van der Waals surface area contributed by atoms with Crippen molar-refractivity contribution in [1.29, 1.82) is 10.5 Å². The molecule has 1 aliphatic heterocycles. The van der Waals surface area contributed by atoms with Crippen molar-refractivity contribution >= 4 is 16.6 Å². The van der Waals surface area contributed by atoms with Gasteiger partial charge in [0.2, 0.25) is 0 Å². The molecule has 0 saturated carbocycles. The molecule has 0 spiro atoms. The summed E-state index contributed by atoms with van der Waals surface area (Å²) < 4.78 is 41.3. The molecule has 2 aromatic rings. The van der Waals surface area contributed by atoms with E-state index in [1.165, 1.54) is 19.1 Å². The highest BCUT2D eigenvalue weighted by Crippen LogP contribution is 2.41. The molecule has 0 fully saturated rings. The van der Waals surface area contributed by atoms with Crippen LogP contribution in [0.5, 0.6) is 0 Å². The predicted molar refractivity (Wildman–Crippen MR) is 84.4 cm³/mol. The molecule has 1 unspecified atom stereocenters. The van der Waals surface area contributed by atoms with E-state index in [-0.39, 0.29) is 16.8 Å². The molecule has 2 heterocycles. The van der Waals surface area contributed by atoms with Crippen LogP contribution < -0.4 is 0 Å². The van der Waals surface area contributed by atoms with Gasteiger partial charge in [0, 0.05) is 28.8 Å². The molecule has 1 N–H and O–H groups in total. The number of aromatic amines is 1. The van der Waals surface area contributed by atoms with Crippen LogP contribution in [0.15, 0.2) is 28.4 Å². The number of alkyl halides is 2. The van der Waals surface area contributed by atoms with E-state index in [9.17, 15) is 23.7 Å². The third-order valence-corrected chi connectivity index (χ3v) is 4.33. The van der Waals surface area contributed by atoms with E-state index in [4.69, 9.17) is 0 Å². The summed E-state index contributed by atoms with van der Waals surface area (Å²) in [5.41, 5.74) is 0.0942. The summed E-state index contributed by atoms with van der Waals surface area (Å²) in [6.07, 6.45) is -2.99. The van der Waals surface area contributed by atoms with E-state index < -0.39 is 29.8 Å².